The fourth-order valence-corrected chi connectivity index (χ4v) is 9.16. The van der Waals surface area contributed by atoms with Crippen LogP contribution < -0.4 is 19.5 Å². The van der Waals surface area contributed by atoms with Gasteiger partial charge in [0.25, 0.3) is 5.91 Å². The molecule has 2 N–H and O–H groups in total. The van der Waals surface area contributed by atoms with Crippen molar-refractivity contribution in [3.63, 3.8) is 0 Å². The van der Waals surface area contributed by atoms with Crippen molar-refractivity contribution < 1.29 is 32.3 Å². The number of aromatic nitrogens is 2. The molecule has 15 heteroatoms. The standard InChI is InChI=1S/C36H44N6O7S2/c1-21(2)29-20-50-33(38-29)28-17-31(26-13-10-23(48-4)15-27(26)37-28)49-24-16-30-32(43)39-36(34(44)40-51(46,47)25-11-12-25)18-22(36)9-7-5-6-8-14-41(3)35(45)42(30)19-24/h7,9-10,13,15,17,20-22,24-25,30H,5-6,8,11-12,14,16,18-19H2,1-4H3,(H,39,43)(H,40,44)/b9-7-. The Hall–Kier alpha value is -4.24. The molecule has 0 spiro atoms. The highest BCUT2D eigenvalue weighted by Gasteiger charge is 2.62. The molecule has 3 fully saturated rings. The van der Waals surface area contributed by atoms with E-state index in [4.69, 9.17) is 19.4 Å². The van der Waals surface area contributed by atoms with Gasteiger partial charge in [-0.1, -0.05) is 26.0 Å². The summed E-state index contributed by atoms with van der Waals surface area (Å²) in [5.74, 6) is -0.201. The van der Waals surface area contributed by atoms with Crippen LogP contribution in [0.1, 0.15) is 70.4 Å². The molecule has 2 saturated carbocycles. The van der Waals surface area contributed by atoms with Crippen LogP contribution in [-0.2, 0) is 19.6 Å². The molecule has 3 aromatic rings. The predicted molar refractivity (Wildman–Crippen MR) is 193 cm³/mol. The van der Waals surface area contributed by atoms with Gasteiger partial charge in [0, 0.05) is 48.8 Å². The summed E-state index contributed by atoms with van der Waals surface area (Å²) in [6, 6.07) is 6.11. The van der Waals surface area contributed by atoms with Crippen LogP contribution in [0.3, 0.4) is 0 Å². The quantitative estimate of drug-likeness (QED) is 0.316. The molecule has 4 unspecified atom stereocenters. The van der Waals surface area contributed by atoms with Crippen LogP contribution in [0.15, 0.2) is 41.8 Å². The molecule has 2 aromatic heterocycles. The number of sulfonamides is 1. The van der Waals surface area contributed by atoms with E-state index in [2.05, 4.69) is 23.9 Å². The second-order valence-corrected chi connectivity index (χ2v) is 17.2. The summed E-state index contributed by atoms with van der Waals surface area (Å²) in [6.45, 7) is 4.82. The Labute approximate surface area is 301 Å². The molecule has 0 bridgehead atoms. The van der Waals surface area contributed by atoms with E-state index in [1.807, 2.05) is 41.8 Å². The Balaban J connectivity index is 1.19. The average molecular weight is 737 g/mol. The summed E-state index contributed by atoms with van der Waals surface area (Å²) in [7, 11) is -0.523. The summed E-state index contributed by atoms with van der Waals surface area (Å²) in [5.41, 5.74) is 0.829. The number of hydrogen-bond donors (Lipinski definition) is 2. The van der Waals surface area contributed by atoms with Gasteiger partial charge in [0.2, 0.25) is 15.9 Å². The number of ether oxygens (including phenoxy) is 2. The number of pyridine rings is 1. The minimum absolute atomic E-state index is 0.129. The first-order chi connectivity index (χ1) is 24.4. The van der Waals surface area contributed by atoms with Crippen LogP contribution in [0.5, 0.6) is 11.5 Å². The summed E-state index contributed by atoms with van der Waals surface area (Å²) in [6.07, 6.45) is 7.06. The second-order valence-electron chi connectivity index (χ2n) is 14.3. The van der Waals surface area contributed by atoms with Gasteiger partial charge < -0.3 is 24.6 Å². The predicted octanol–water partition coefficient (Wildman–Crippen LogP) is 4.59. The summed E-state index contributed by atoms with van der Waals surface area (Å²) in [5, 5.41) is 5.83. The van der Waals surface area contributed by atoms with E-state index in [1.54, 1.807) is 19.1 Å². The number of nitrogens with one attached hydrogen (secondary N) is 2. The average Bonchev–Trinajstić information content (AvgIpc) is 3.98. The van der Waals surface area contributed by atoms with E-state index in [9.17, 15) is 22.8 Å². The third-order valence-corrected chi connectivity index (χ3v) is 12.9. The molecule has 4 heterocycles. The number of amides is 4. The molecule has 51 heavy (non-hydrogen) atoms. The number of rotatable bonds is 8. The molecule has 2 aliphatic heterocycles. The molecule has 2 aliphatic carbocycles. The van der Waals surface area contributed by atoms with E-state index in [1.165, 1.54) is 16.2 Å². The van der Waals surface area contributed by atoms with Gasteiger partial charge in [-0.25, -0.2) is 23.2 Å². The number of fused-ring (bicyclic) bond motifs is 3. The number of hydrogen-bond acceptors (Lipinski definition) is 10. The molecule has 1 aromatic carbocycles. The second kappa shape index (κ2) is 13.7. The Morgan fingerprint density at radius 3 is 2.69 bits per heavy atom. The van der Waals surface area contributed by atoms with Crippen LogP contribution in [0.2, 0.25) is 0 Å². The highest BCUT2D eigenvalue weighted by atomic mass is 32.2. The number of benzene rings is 1. The number of nitrogens with zero attached hydrogens (tertiary/aromatic N) is 4. The van der Waals surface area contributed by atoms with Crippen LogP contribution in [0.4, 0.5) is 4.79 Å². The van der Waals surface area contributed by atoms with Crippen LogP contribution in [0, 0.1) is 5.92 Å². The number of thiazole rings is 1. The van der Waals surface area contributed by atoms with E-state index in [-0.39, 0.29) is 37.3 Å². The molecule has 272 valence electrons. The van der Waals surface area contributed by atoms with Crippen molar-refractivity contribution in [3.05, 3.63) is 47.5 Å². The molecule has 4 aliphatic rings. The van der Waals surface area contributed by atoms with Crippen molar-refractivity contribution in [3.8, 4) is 22.2 Å². The minimum atomic E-state index is -3.83. The first kappa shape index (κ1) is 35.2. The zero-order valence-electron chi connectivity index (χ0n) is 29.3. The summed E-state index contributed by atoms with van der Waals surface area (Å²) < 4.78 is 39.9. The van der Waals surface area contributed by atoms with Gasteiger partial charge in [-0.2, -0.15) is 0 Å². The molecule has 1 saturated heterocycles. The van der Waals surface area contributed by atoms with Crippen LogP contribution in [0.25, 0.3) is 21.6 Å². The van der Waals surface area contributed by atoms with Gasteiger partial charge in [0.05, 0.1) is 30.1 Å². The maximum atomic E-state index is 14.2. The summed E-state index contributed by atoms with van der Waals surface area (Å²) in [4.78, 5) is 54.5. The first-order valence-corrected chi connectivity index (χ1v) is 20.0. The lowest BCUT2D eigenvalue weighted by Crippen LogP contribution is -2.57. The van der Waals surface area contributed by atoms with E-state index in [0.29, 0.717) is 42.1 Å². The first-order valence-electron chi connectivity index (χ1n) is 17.6. The monoisotopic (exact) mass is 736 g/mol. The number of methoxy groups -OCH3 is 1. The fourth-order valence-electron chi connectivity index (χ4n) is 6.86. The Morgan fingerprint density at radius 1 is 1.16 bits per heavy atom. The third-order valence-electron chi connectivity index (χ3n) is 10.2. The van der Waals surface area contributed by atoms with Crippen molar-refractivity contribution in [2.45, 2.75) is 87.6 Å². The van der Waals surface area contributed by atoms with Gasteiger partial charge in [-0.15, -0.1) is 11.3 Å². The number of allylic oxidation sites excluding steroid dienone is 1. The highest BCUT2D eigenvalue weighted by Crippen LogP contribution is 2.46. The van der Waals surface area contributed by atoms with Crippen molar-refractivity contribution >= 4 is 50.1 Å². The van der Waals surface area contributed by atoms with Gasteiger partial charge in [-0.3, -0.25) is 14.3 Å². The normalized spacial score (nSPS) is 26.3. The van der Waals surface area contributed by atoms with Gasteiger partial charge in [-0.05, 0) is 56.6 Å². The molecule has 4 amide bonds. The van der Waals surface area contributed by atoms with Gasteiger partial charge in [0.1, 0.15) is 39.9 Å². The lowest BCUT2D eigenvalue weighted by Gasteiger charge is -2.30. The van der Waals surface area contributed by atoms with Gasteiger partial charge in [0.15, 0.2) is 0 Å². The Bertz CT molecular complexity index is 1990. The summed E-state index contributed by atoms with van der Waals surface area (Å²) >= 11 is 1.50. The maximum absolute atomic E-state index is 14.2. The Kier molecular flexibility index (Phi) is 9.46. The number of carbonyl (C=O) groups excluding carboxylic acids is 3. The van der Waals surface area contributed by atoms with Crippen molar-refractivity contribution in [2.75, 3.05) is 27.2 Å². The smallest absolute Gasteiger partial charge is 0.320 e. The molecular formula is C36H44N6O7S2. The van der Waals surface area contributed by atoms with E-state index >= 15 is 0 Å². The number of urea groups is 1. The lowest BCUT2D eigenvalue weighted by atomic mass is 10.1. The fraction of sp³-hybridized carbons (Fsp3) is 0.528. The number of carbonyl (C=O) groups is 3. The largest absolute Gasteiger partial charge is 0.497 e. The molecule has 7 rings (SSSR count). The molecular weight excluding hydrogens is 693 g/mol. The zero-order chi connectivity index (χ0) is 36.1. The van der Waals surface area contributed by atoms with Crippen molar-refractivity contribution in [1.29, 1.82) is 0 Å². The molecule has 4 atom stereocenters. The molecule has 13 nitrogen and oxygen atoms in total. The molecule has 0 radical (unpaired) electrons. The van der Waals surface area contributed by atoms with Gasteiger partial charge >= 0.3 is 6.03 Å². The third kappa shape index (κ3) is 7.14. The van der Waals surface area contributed by atoms with Crippen LogP contribution >= 0.6 is 11.3 Å². The SMILES string of the molecule is COc1ccc2c(OC3CC4C(=O)NC5(C(=O)NS(=O)(=O)C6CC6)CC5/C=C\CCCCN(C)C(=O)N4C3)cc(-c3nc(C(C)C)cs3)nc2c1. The van der Waals surface area contributed by atoms with E-state index in [0.717, 1.165) is 35.4 Å². The van der Waals surface area contributed by atoms with E-state index < -0.39 is 44.8 Å². The topological polar surface area (TPSA) is 160 Å². The van der Waals surface area contributed by atoms with Crippen molar-refractivity contribution in [2.24, 2.45) is 5.92 Å². The van der Waals surface area contributed by atoms with Crippen LogP contribution in [-0.4, -0.2) is 96.2 Å². The minimum Gasteiger partial charge on any atom is -0.497 e. The maximum Gasteiger partial charge on any atom is 0.320 e. The highest BCUT2D eigenvalue weighted by molar-refractivity contribution is 7.91. The Morgan fingerprint density at radius 2 is 1.96 bits per heavy atom. The van der Waals surface area contributed by atoms with Crippen molar-refractivity contribution in [1.82, 2.24) is 29.8 Å². The lowest BCUT2D eigenvalue weighted by molar-refractivity contribution is -0.131. The zero-order valence-corrected chi connectivity index (χ0v) is 30.9.